The van der Waals surface area contributed by atoms with Gasteiger partial charge in [-0.25, -0.2) is 0 Å². The summed E-state index contributed by atoms with van der Waals surface area (Å²) in [5.74, 6) is 0.765. The Morgan fingerprint density at radius 3 is 2.65 bits per heavy atom. The predicted octanol–water partition coefficient (Wildman–Crippen LogP) is 4.60. The number of amidine groups is 1. The first-order valence-corrected chi connectivity index (χ1v) is 8.36. The van der Waals surface area contributed by atoms with Crippen LogP contribution in [0.1, 0.15) is 44.1 Å². The van der Waals surface area contributed by atoms with Crippen LogP contribution in [0.2, 0.25) is 5.02 Å². The average Bonchev–Trinajstić information content (AvgIpc) is 2.71. The minimum absolute atomic E-state index is 0.515. The minimum atomic E-state index is 0.515. The van der Waals surface area contributed by atoms with E-state index in [-0.39, 0.29) is 0 Å². The van der Waals surface area contributed by atoms with Crippen molar-refractivity contribution >= 4 is 34.2 Å². The van der Waals surface area contributed by atoms with Crippen molar-refractivity contribution < 1.29 is 0 Å². The third-order valence-electron chi connectivity index (χ3n) is 3.25. The number of thioether (sulfide) groups is 1. The molecule has 1 aliphatic rings. The number of benzene rings is 1. The lowest BCUT2D eigenvalue weighted by atomic mass is 10.2. The molecule has 1 fully saturated rings. The molecule has 0 amide bonds. The van der Waals surface area contributed by atoms with E-state index in [1.807, 2.05) is 24.3 Å². The van der Waals surface area contributed by atoms with Gasteiger partial charge in [0.1, 0.15) is 0 Å². The Morgan fingerprint density at radius 1 is 1.20 bits per heavy atom. The molecular formula is C15H20ClN3S. The van der Waals surface area contributed by atoms with E-state index in [1.165, 1.54) is 43.2 Å². The first kappa shape index (κ1) is 15.4. The molecule has 2 N–H and O–H groups in total. The Morgan fingerprint density at radius 2 is 1.95 bits per heavy atom. The summed E-state index contributed by atoms with van der Waals surface area (Å²) in [5.41, 5.74) is 8.22. The van der Waals surface area contributed by atoms with E-state index in [0.29, 0.717) is 5.17 Å². The Bertz CT molecular complexity index is 490. The van der Waals surface area contributed by atoms with Crippen molar-refractivity contribution in [2.24, 2.45) is 15.9 Å². The molecule has 108 valence electrons. The SMILES string of the molecule is N/C(=N/N=C1CCCCCC1)SCc1cccc(Cl)c1. The summed E-state index contributed by atoms with van der Waals surface area (Å²) in [6, 6.07) is 7.78. The van der Waals surface area contributed by atoms with Gasteiger partial charge in [-0.05, 0) is 43.4 Å². The van der Waals surface area contributed by atoms with Crippen LogP contribution in [0.25, 0.3) is 0 Å². The van der Waals surface area contributed by atoms with Crippen molar-refractivity contribution in [3.63, 3.8) is 0 Å². The molecular weight excluding hydrogens is 290 g/mol. The van der Waals surface area contributed by atoms with Crippen LogP contribution in [0.4, 0.5) is 0 Å². The van der Waals surface area contributed by atoms with E-state index in [0.717, 1.165) is 29.2 Å². The van der Waals surface area contributed by atoms with Gasteiger partial charge in [0, 0.05) is 16.5 Å². The highest BCUT2D eigenvalue weighted by Gasteiger charge is 2.05. The van der Waals surface area contributed by atoms with E-state index in [4.69, 9.17) is 17.3 Å². The van der Waals surface area contributed by atoms with Crippen LogP contribution >= 0.6 is 23.4 Å². The van der Waals surface area contributed by atoms with E-state index in [2.05, 4.69) is 10.2 Å². The molecule has 3 nitrogen and oxygen atoms in total. The van der Waals surface area contributed by atoms with Gasteiger partial charge in [-0.2, -0.15) is 5.10 Å². The Labute approximate surface area is 129 Å². The molecule has 0 aromatic heterocycles. The molecule has 0 saturated heterocycles. The number of hydrogen-bond donors (Lipinski definition) is 1. The fourth-order valence-corrected chi connectivity index (χ4v) is 2.98. The molecule has 0 aliphatic heterocycles. The topological polar surface area (TPSA) is 50.7 Å². The van der Waals surface area contributed by atoms with Gasteiger partial charge in [0.15, 0.2) is 5.17 Å². The molecule has 0 atom stereocenters. The summed E-state index contributed by atoms with van der Waals surface area (Å²) in [4.78, 5) is 0. The van der Waals surface area contributed by atoms with Crippen molar-refractivity contribution in [3.05, 3.63) is 34.9 Å². The summed E-state index contributed by atoms with van der Waals surface area (Å²) in [7, 11) is 0. The highest BCUT2D eigenvalue weighted by molar-refractivity contribution is 8.13. The molecule has 5 heteroatoms. The molecule has 1 aromatic rings. The van der Waals surface area contributed by atoms with Gasteiger partial charge in [0.2, 0.25) is 0 Å². The molecule has 0 heterocycles. The Hall–Kier alpha value is -1.00. The first-order chi connectivity index (χ1) is 9.74. The van der Waals surface area contributed by atoms with Crippen molar-refractivity contribution in [2.45, 2.75) is 44.3 Å². The number of hydrogen-bond acceptors (Lipinski definition) is 3. The summed E-state index contributed by atoms with van der Waals surface area (Å²) in [6.07, 6.45) is 7.20. The van der Waals surface area contributed by atoms with Gasteiger partial charge >= 0.3 is 0 Å². The Balaban J connectivity index is 1.85. The number of nitrogens with two attached hydrogens (primary N) is 1. The molecule has 0 bridgehead atoms. The fourth-order valence-electron chi connectivity index (χ4n) is 2.17. The maximum Gasteiger partial charge on any atom is 0.180 e. The maximum absolute atomic E-state index is 5.95. The smallest absolute Gasteiger partial charge is 0.180 e. The third kappa shape index (κ3) is 5.55. The molecule has 20 heavy (non-hydrogen) atoms. The molecule has 1 saturated carbocycles. The van der Waals surface area contributed by atoms with Gasteiger partial charge in [-0.3, -0.25) is 0 Å². The number of nitrogens with zero attached hydrogens (tertiary/aromatic N) is 2. The fraction of sp³-hybridized carbons (Fsp3) is 0.467. The lowest BCUT2D eigenvalue weighted by Gasteiger charge is -2.01. The second-order valence-corrected chi connectivity index (χ2v) is 6.37. The molecule has 0 radical (unpaired) electrons. The average molecular weight is 310 g/mol. The highest BCUT2D eigenvalue weighted by Crippen LogP contribution is 2.17. The van der Waals surface area contributed by atoms with Crippen LogP contribution in [-0.4, -0.2) is 10.9 Å². The van der Waals surface area contributed by atoms with Gasteiger partial charge in [-0.15, -0.1) is 5.10 Å². The van der Waals surface area contributed by atoms with Crippen LogP contribution in [0.3, 0.4) is 0 Å². The lowest BCUT2D eigenvalue weighted by Crippen LogP contribution is -2.07. The first-order valence-electron chi connectivity index (χ1n) is 7.00. The Kier molecular flexibility index (Phi) is 6.40. The summed E-state index contributed by atoms with van der Waals surface area (Å²) < 4.78 is 0. The van der Waals surface area contributed by atoms with Gasteiger partial charge in [0.05, 0.1) is 0 Å². The summed E-state index contributed by atoms with van der Waals surface area (Å²) >= 11 is 7.44. The zero-order valence-electron chi connectivity index (χ0n) is 11.5. The van der Waals surface area contributed by atoms with Gasteiger partial charge in [-0.1, -0.05) is 48.3 Å². The van der Waals surface area contributed by atoms with Crippen molar-refractivity contribution in [1.82, 2.24) is 0 Å². The van der Waals surface area contributed by atoms with Crippen LogP contribution < -0.4 is 5.73 Å². The van der Waals surface area contributed by atoms with E-state index < -0.39 is 0 Å². The van der Waals surface area contributed by atoms with Crippen LogP contribution in [0.5, 0.6) is 0 Å². The van der Waals surface area contributed by atoms with Gasteiger partial charge in [0.25, 0.3) is 0 Å². The van der Waals surface area contributed by atoms with E-state index >= 15 is 0 Å². The van der Waals surface area contributed by atoms with E-state index in [1.54, 1.807) is 0 Å². The van der Waals surface area contributed by atoms with Crippen LogP contribution in [-0.2, 0) is 5.75 Å². The summed E-state index contributed by atoms with van der Waals surface area (Å²) in [5, 5.41) is 9.71. The quantitative estimate of drug-likeness (QED) is 0.384. The summed E-state index contributed by atoms with van der Waals surface area (Å²) in [6.45, 7) is 0. The van der Waals surface area contributed by atoms with E-state index in [9.17, 15) is 0 Å². The predicted molar refractivity (Wildman–Crippen MR) is 89.5 cm³/mol. The molecule has 0 spiro atoms. The number of halogens is 1. The molecule has 2 rings (SSSR count). The zero-order valence-corrected chi connectivity index (χ0v) is 13.1. The zero-order chi connectivity index (χ0) is 14.2. The normalized spacial score (nSPS) is 16.9. The molecule has 1 aliphatic carbocycles. The van der Waals surface area contributed by atoms with Crippen molar-refractivity contribution in [1.29, 1.82) is 0 Å². The number of rotatable bonds is 3. The standard InChI is InChI=1S/C15H20ClN3S/c16-13-7-5-6-12(10-13)11-20-15(17)19-18-14-8-3-1-2-4-9-14/h5-7,10H,1-4,8-9,11H2,(H2,17,19). The minimum Gasteiger partial charge on any atom is -0.377 e. The molecule has 1 aromatic carbocycles. The highest BCUT2D eigenvalue weighted by atomic mass is 35.5. The monoisotopic (exact) mass is 309 g/mol. The van der Waals surface area contributed by atoms with Crippen LogP contribution in [0, 0.1) is 0 Å². The van der Waals surface area contributed by atoms with Gasteiger partial charge < -0.3 is 5.73 Å². The lowest BCUT2D eigenvalue weighted by molar-refractivity contribution is 0.702. The largest absolute Gasteiger partial charge is 0.377 e. The molecule has 0 unspecified atom stereocenters. The van der Waals surface area contributed by atoms with Crippen molar-refractivity contribution in [3.8, 4) is 0 Å². The maximum atomic E-state index is 5.95. The van der Waals surface area contributed by atoms with Crippen molar-refractivity contribution in [2.75, 3.05) is 0 Å². The second kappa shape index (κ2) is 8.32. The van der Waals surface area contributed by atoms with Crippen LogP contribution in [0.15, 0.2) is 34.5 Å². The second-order valence-electron chi connectivity index (χ2n) is 4.94. The third-order valence-corrected chi connectivity index (χ3v) is 4.34.